The number of aliphatic hydroxyl groups excluding tert-OH is 1. The standard InChI is InChI=1S/C14H28N2O/c1-15-14-5-3-2-4-13(14)11-16-8-6-12(10-16)7-9-17/h12-15,17H,2-11H2,1H3. The number of nitrogens with zero attached hydrogens (tertiary/aromatic N) is 1. The minimum atomic E-state index is 0.362. The molecule has 0 radical (unpaired) electrons. The largest absolute Gasteiger partial charge is 0.396 e. The SMILES string of the molecule is CNC1CCCCC1CN1CCC(CCO)C1. The van der Waals surface area contributed by atoms with Crippen LogP contribution in [0.2, 0.25) is 0 Å². The maximum atomic E-state index is 8.99. The van der Waals surface area contributed by atoms with Crippen LogP contribution in [0, 0.1) is 11.8 Å². The summed E-state index contributed by atoms with van der Waals surface area (Å²) in [6.45, 7) is 4.10. The summed E-state index contributed by atoms with van der Waals surface area (Å²) in [5.74, 6) is 1.60. The Bertz CT molecular complexity index is 222. The second-order valence-corrected chi connectivity index (χ2v) is 5.87. The van der Waals surface area contributed by atoms with Crippen LogP contribution in [0.4, 0.5) is 0 Å². The molecule has 0 aromatic heterocycles. The summed E-state index contributed by atoms with van der Waals surface area (Å²) < 4.78 is 0. The third-order valence-corrected chi connectivity index (χ3v) is 4.68. The lowest BCUT2D eigenvalue weighted by atomic mass is 9.84. The fourth-order valence-electron chi connectivity index (χ4n) is 3.63. The molecule has 3 atom stereocenters. The molecule has 0 aromatic carbocycles. The Morgan fingerprint density at radius 3 is 2.82 bits per heavy atom. The van der Waals surface area contributed by atoms with Crippen LogP contribution in [0.25, 0.3) is 0 Å². The molecule has 3 unspecified atom stereocenters. The highest BCUT2D eigenvalue weighted by Gasteiger charge is 2.29. The van der Waals surface area contributed by atoms with Crippen molar-refractivity contribution in [3.63, 3.8) is 0 Å². The van der Waals surface area contributed by atoms with Crippen molar-refractivity contribution in [2.75, 3.05) is 33.3 Å². The molecular weight excluding hydrogens is 212 g/mol. The van der Waals surface area contributed by atoms with E-state index in [0.29, 0.717) is 6.61 Å². The average Bonchev–Trinajstić information content (AvgIpc) is 2.78. The Balaban J connectivity index is 1.76. The minimum Gasteiger partial charge on any atom is -0.396 e. The van der Waals surface area contributed by atoms with Crippen molar-refractivity contribution in [2.45, 2.75) is 44.6 Å². The van der Waals surface area contributed by atoms with Crippen LogP contribution < -0.4 is 5.32 Å². The average molecular weight is 240 g/mol. The predicted octanol–water partition coefficient (Wildman–Crippen LogP) is 1.47. The van der Waals surface area contributed by atoms with Crippen molar-refractivity contribution in [3.8, 4) is 0 Å². The van der Waals surface area contributed by atoms with Crippen LogP contribution in [0.5, 0.6) is 0 Å². The molecule has 0 amide bonds. The van der Waals surface area contributed by atoms with E-state index in [-0.39, 0.29) is 0 Å². The van der Waals surface area contributed by atoms with Gasteiger partial charge in [0.2, 0.25) is 0 Å². The van der Waals surface area contributed by atoms with E-state index in [2.05, 4.69) is 17.3 Å². The molecule has 1 aliphatic heterocycles. The maximum absolute atomic E-state index is 8.99. The second kappa shape index (κ2) is 6.72. The lowest BCUT2D eigenvalue weighted by Crippen LogP contribution is -2.42. The van der Waals surface area contributed by atoms with Gasteiger partial charge in [0.1, 0.15) is 0 Å². The first-order valence-corrected chi connectivity index (χ1v) is 7.34. The Morgan fingerprint density at radius 2 is 2.06 bits per heavy atom. The third-order valence-electron chi connectivity index (χ3n) is 4.68. The van der Waals surface area contributed by atoms with Crippen LogP contribution in [0.3, 0.4) is 0 Å². The number of hydrogen-bond acceptors (Lipinski definition) is 3. The highest BCUT2D eigenvalue weighted by molar-refractivity contribution is 4.85. The summed E-state index contributed by atoms with van der Waals surface area (Å²) in [6.07, 6.45) is 7.85. The van der Waals surface area contributed by atoms with Crippen molar-refractivity contribution in [1.29, 1.82) is 0 Å². The van der Waals surface area contributed by atoms with E-state index < -0.39 is 0 Å². The summed E-state index contributed by atoms with van der Waals surface area (Å²) in [5, 5.41) is 12.5. The first kappa shape index (κ1) is 13.3. The van der Waals surface area contributed by atoms with Gasteiger partial charge >= 0.3 is 0 Å². The van der Waals surface area contributed by atoms with Gasteiger partial charge in [0.15, 0.2) is 0 Å². The lowest BCUT2D eigenvalue weighted by molar-refractivity contribution is 0.186. The second-order valence-electron chi connectivity index (χ2n) is 5.87. The molecule has 1 aliphatic carbocycles. The van der Waals surface area contributed by atoms with Gasteiger partial charge in [-0.1, -0.05) is 12.8 Å². The van der Waals surface area contributed by atoms with Gasteiger partial charge in [-0.3, -0.25) is 0 Å². The van der Waals surface area contributed by atoms with Gasteiger partial charge in [-0.05, 0) is 51.1 Å². The lowest BCUT2D eigenvalue weighted by Gasteiger charge is -2.34. The fourth-order valence-corrected chi connectivity index (χ4v) is 3.63. The Morgan fingerprint density at radius 1 is 1.24 bits per heavy atom. The monoisotopic (exact) mass is 240 g/mol. The van der Waals surface area contributed by atoms with Gasteiger partial charge in [0.25, 0.3) is 0 Å². The summed E-state index contributed by atoms with van der Waals surface area (Å²) in [7, 11) is 2.11. The third kappa shape index (κ3) is 3.67. The van der Waals surface area contributed by atoms with Crippen molar-refractivity contribution < 1.29 is 5.11 Å². The van der Waals surface area contributed by atoms with E-state index in [1.807, 2.05) is 0 Å². The Hall–Kier alpha value is -0.120. The first-order valence-electron chi connectivity index (χ1n) is 7.34. The molecule has 0 aromatic rings. The molecule has 17 heavy (non-hydrogen) atoms. The summed E-state index contributed by atoms with van der Waals surface area (Å²) in [4.78, 5) is 2.63. The van der Waals surface area contributed by atoms with Crippen LogP contribution in [-0.2, 0) is 0 Å². The van der Waals surface area contributed by atoms with E-state index >= 15 is 0 Å². The minimum absolute atomic E-state index is 0.362. The quantitative estimate of drug-likeness (QED) is 0.764. The van der Waals surface area contributed by atoms with Gasteiger partial charge in [0.05, 0.1) is 0 Å². The normalized spacial score (nSPS) is 35.3. The summed E-state index contributed by atoms with van der Waals surface area (Å²) in [6, 6.07) is 0.737. The number of hydrogen-bond donors (Lipinski definition) is 2. The fraction of sp³-hybridized carbons (Fsp3) is 1.00. The molecule has 0 spiro atoms. The van der Waals surface area contributed by atoms with Crippen molar-refractivity contribution >= 4 is 0 Å². The number of rotatable bonds is 5. The number of aliphatic hydroxyl groups is 1. The highest BCUT2D eigenvalue weighted by Crippen LogP contribution is 2.27. The maximum Gasteiger partial charge on any atom is 0.0434 e. The topological polar surface area (TPSA) is 35.5 Å². The van der Waals surface area contributed by atoms with E-state index in [4.69, 9.17) is 5.11 Å². The number of nitrogens with one attached hydrogen (secondary N) is 1. The molecule has 2 aliphatic rings. The highest BCUT2D eigenvalue weighted by atomic mass is 16.3. The van der Waals surface area contributed by atoms with Gasteiger partial charge in [0, 0.05) is 25.7 Å². The molecule has 2 N–H and O–H groups in total. The van der Waals surface area contributed by atoms with E-state index in [9.17, 15) is 0 Å². The zero-order valence-corrected chi connectivity index (χ0v) is 11.2. The number of likely N-dealkylation sites (tertiary alicyclic amines) is 1. The van der Waals surface area contributed by atoms with Gasteiger partial charge in [-0.25, -0.2) is 0 Å². The van der Waals surface area contributed by atoms with Crippen LogP contribution in [-0.4, -0.2) is 49.3 Å². The van der Waals surface area contributed by atoms with Crippen LogP contribution in [0.1, 0.15) is 38.5 Å². The first-order chi connectivity index (χ1) is 8.33. The zero-order valence-electron chi connectivity index (χ0n) is 11.2. The van der Waals surface area contributed by atoms with Crippen molar-refractivity contribution in [3.05, 3.63) is 0 Å². The molecule has 2 fully saturated rings. The van der Waals surface area contributed by atoms with Gasteiger partial charge in [-0.15, -0.1) is 0 Å². The molecule has 1 saturated heterocycles. The van der Waals surface area contributed by atoms with Crippen LogP contribution >= 0.6 is 0 Å². The van der Waals surface area contributed by atoms with Crippen molar-refractivity contribution in [2.24, 2.45) is 11.8 Å². The molecule has 1 saturated carbocycles. The van der Waals surface area contributed by atoms with Gasteiger partial charge < -0.3 is 15.3 Å². The molecule has 0 bridgehead atoms. The Labute approximate surface area is 106 Å². The molecule has 2 rings (SSSR count). The molecule has 3 heteroatoms. The van der Waals surface area contributed by atoms with E-state index in [0.717, 1.165) is 24.3 Å². The molecular formula is C14H28N2O. The molecule has 3 nitrogen and oxygen atoms in total. The predicted molar refractivity (Wildman–Crippen MR) is 71.1 cm³/mol. The Kier molecular flexibility index (Phi) is 5.26. The summed E-state index contributed by atoms with van der Waals surface area (Å²) >= 11 is 0. The molecule has 1 heterocycles. The van der Waals surface area contributed by atoms with Gasteiger partial charge in [-0.2, -0.15) is 0 Å². The van der Waals surface area contributed by atoms with E-state index in [1.165, 1.54) is 51.7 Å². The van der Waals surface area contributed by atoms with Crippen molar-refractivity contribution in [1.82, 2.24) is 10.2 Å². The smallest absolute Gasteiger partial charge is 0.0434 e. The zero-order chi connectivity index (χ0) is 12.1. The summed E-state index contributed by atoms with van der Waals surface area (Å²) in [5.41, 5.74) is 0. The molecule has 100 valence electrons. The van der Waals surface area contributed by atoms with E-state index in [1.54, 1.807) is 0 Å². The van der Waals surface area contributed by atoms with Crippen LogP contribution in [0.15, 0.2) is 0 Å².